The van der Waals surface area contributed by atoms with Crippen LogP contribution in [-0.2, 0) is 19.6 Å². The molecule has 0 atom stereocenters. The fourth-order valence-electron chi connectivity index (χ4n) is 4.17. The van der Waals surface area contributed by atoms with Crippen molar-refractivity contribution >= 4 is 28.0 Å². The van der Waals surface area contributed by atoms with E-state index in [4.69, 9.17) is 4.74 Å². The second-order valence-electron chi connectivity index (χ2n) is 8.27. The fourth-order valence-corrected chi connectivity index (χ4v) is 5.29. The number of morpholine rings is 1. The Kier molecular flexibility index (Phi) is 7.73. The Balaban J connectivity index is 1.98. The maximum Gasteiger partial charge on any atom is 0.338 e. The van der Waals surface area contributed by atoms with Crippen molar-refractivity contribution in [3.8, 4) is 0 Å². The van der Waals surface area contributed by atoms with E-state index in [1.165, 1.54) is 0 Å². The summed E-state index contributed by atoms with van der Waals surface area (Å²) in [4.78, 5) is 28.0. The lowest BCUT2D eigenvalue weighted by Gasteiger charge is -2.36. The molecule has 2 aliphatic rings. The standard InChI is InChI=1S/C23H31N3O5S/c1-17(2)26(32(3,29)30)23(28)24-22(27)20-11-7-10-19(16-18-8-5-4-6-9-18)21(20)25-12-14-31-15-13-25/h4-6,8-9,16-17H,7,10-15H2,1-3H3,(H,24,27,28)/b19-16+. The topological polar surface area (TPSA) is 96.0 Å². The maximum absolute atomic E-state index is 13.2. The molecular formula is C23H31N3O5S. The molecule has 32 heavy (non-hydrogen) atoms. The molecule has 8 nitrogen and oxygen atoms in total. The molecule has 1 saturated heterocycles. The molecule has 0 radical (unpaired) electrons. The summed E-state index contributed by atoms with van der Waals surface area (Å²) in [7, 11) is -3.81. The van der Waals surface area contributed by atoms with Crippen molar-refractivity contribution in [2.45, 2.75) is 39.2 Å². The van der Waals surface area contributed by atoms with Crippen LogP contribution in [0, 0.1) is 0 Å². The molecule has 1 fully saturated rings. The summed E-state index contributed by atoms with van der Waals surface area (Å²) in [5.41, 5.74) is 3.40. The molecular weight excluding hydrogens is 430 g/mol. The number of hydrogen-bond acceptors (Lipinski definition) is 6. The number of hydrogen-bond donors (Lipinski definition) is 1. The van der Waals surface area contributed by atoms with Crippen LogP contribution in [0.1, 0.15) is 38.7 Å². The molecule has 9 heteroatoms. The average Bonchev–Trinajstić information content (AvgIpc) is 2.73. The number of ether oxygens (including phenoxy) is 1. The second-order valence-corrected chi connectivity index (χ2v) is 10.1. The van der Waals surface area contributed by atoms with E-state index in [-0.39, 0.29) is 0 Å². The molecule has 3 rings (SSSR count). The average molecular weight is 462 g/mol. The summed E-state index contributed by atoms with van der Waals surface area (Å²) >= 11 is 0. The summed E-state index contributed by atoms with van der Waals surface area (Å²) in [5.74, 6) is -0.551. The summed E-state index contributed by atoms with van der Waals surface area (Å²) in [5, 5.41) is 2.32. The van der Waals surface area contributed by atoms with Gasteiger partial charge in [-0.05, 0) is 50.3 Å². The van der Waals surface area contributed by atoms with Crippen molar-refractivity contribution < 1.29 is 22.7 Å². The number of nitrogens with zero attached hydrogens (tertiary/aromatic N) is 2. The van der Waals surface area contributed by atoms with Gasteiger partial charge in [0.15, 0.2) is 0 Å². The first-order valence-corrected chi connectivity index (χ1v) is 12.7. The number of amides is 3. The highest BCUT2D eigenvalue weighted by atomic mass is 32.2. The number of carbonyl (C=O) groups excluding carboxylic acids is 2. The van der Waals surface area contributed by atoms with Crippen LogP contribution in [-0.4, -0.2) is 68.2 Å². The molecule has 0 unspecified atom stereocenters. The molecule has 0 bridgehead atoms. The van der Waals surface area contributed by atoms with Gasteiger partial charge in [0.2, 0.25) is 10.0 Å². The molecule has 0 aromatic heterocycles. The van der Waals surface area contributed by atoms with E-state index in [9.17, 15) is 18.0 Å². The van der Waals surface area contributed by atoms with E-state index < -0.39 is 28.0 Å². The number of benzene rings is 1. The molecule has 1 N–H and O–H groups in total. The van der Waals surface area contributed by atoms with Crippen LogP contribution < -0.4 is 5.32 Å². The third kappa shape index (κ3) is 5.77. The van der Waals surface area contributed by atoms with E-state index in [2.05, 4.69) is 16.3 Å². The quantitative estimate of drug-likeness (QED) is 0.724. The normalized spacial score (nSPS) is 18.8. The lowest BCUT2D eigenvalue weighted by atomic mass is 9.88. The van der Waals surface area contributed by atoms with Gasteiger partial charge in [-0.15, -0.1) is 0 Å². The van der Waals surface area contributed by atoms with Crippen LogP contribution in [0.2, 0.25) is 0 Å². The zero-order valence-electron chi connectivity index (χ0n) is 18.8. The first-order valence-electron chi connectivity index (χ1n) is 10.8. The Morgan fingerprint density at radius 2 is 1.78 bits per heavy atom. The molecule has 1 aliphatic carbocycles. The largest absolute Gasteiger partial charge is 0.378 e. The van der Waals surface area contributed by atoms with E-state index in [0.717, 1.165) is 35.9 Å². The predicted octanol–water partition coefficient (Wildman–Crippen LogP) is 2.75. The van der Waals surface area contributed by atoms with Gasteiger partial charge >= 0.3 is 6.03 Å². The summed E-state index contributed by atoms with van der Waals surface area (Å²) < 4.78 is 30.3. The Morgan fingerprint density at radius 1 is 1.12 bits per heavy atom. The molecule has 0 spiro atoms. The Hall–Kier alpha value is -2.65. The number of sulfonamides is 1. The lowest BCUT2D eigenvalue weighted by Crippen LogP contribution is -2.49. The minimum atomic E-state index is -3.81. The third-order valence-corrected chi connectivity index (χ3v) is 6.75. The van der Waals surface area contributed by atoms with Gasteiger partial charge in [0.05, 0.1) is 19.5 Å². The predicted molar refractivity (Wildman–Crippen MR) is 123 cm³/mol. The van der Waals surface area contributed by atoms with Crippen molar-refractivity contribution in [1.29, 1.82) is 0 Å². The van der Waals surface area contributed by atoms with Crippen molar-refractivity contribution in [2.24, 2.45) is 0 Å². The maximum atomic E-state index is 13.2. The summed E-state index contributed by atoms with van der Waals surface area (Å²) in [6.07, 6.45) is 5.13. The first-order chi connectivity index (χ1) is 15.2. The first kappa shape index (κ1) is 24.0. The minimum Gasteiger partial charge on any atom is -0.378 e. The number of allylic oxidation sites excluding steroid dienone is 1. The Morgan fingerprint density at radius 3 is 2.38 bits per heavy atom. The monoisotopic (exact) mass is 461 g/mol. The highest BCUT2D eigenvalue weighted by molar-refractivity contribution is 7.88. The molecule has 0 saturated carbocycles. The van der Waals surface area contributed by atoms with Gasteiger partial charge in [-0.3, -0.25) is 10.1 Å². The van der Waals surface area contributed by atoms with Gasteiger partial charge in [-0.2, -0.15) is 0 Å². The number of imide groups is 1. The highest BCUT2D eigenvalue weighted by Gasteiger charge is 2.32. The van der Waals surface area contributed by atoms with Gasteiger partial charge in [0.25, 0.3) is 5.91 Å². The van der Waals surface area contributed by atoms with Gasteiger partial charge in [-0.1, -0.05) is 30.3 Å². The summed E-state index contributed by atoms with van der Waals surface area (Å²) in [6, 6.07) is 8.36. The van der Waals surface area contributed by atoms with Crippen LogP contribution in [0.3, 0.4) is 0 Å². The smallest absolute Gasteiger partial charge is 0.338 e. The molecule has 1 aliphatic heterocycles. The molecule has 1 aromatic carbocycles. The van der Waals surface area contributed by atoms with Crippen LogP contribution in [0.25, 0.3) is 6.08 Å². The molecule has 174 valence electrons. The minimum absolute atomic E-state index is 0.505. The zero-order valence-corrected chi connectivity index (χ0v) is 19.7. The molecule has 1 aromatic rings. The van der Waals surface area contributed by atoms with Crippen molar-refractivity contribution in [1.82, 2.24) is 14.5 Å². The Bertz CT molecular complexity index is 1010. The van der Waals surface area contributed by atoms with Gasteiger partial charge < -0.3 is 9.64 Å². The number of carbonyl (C=O) groups is 2. The van der Waals surface area contributed by atoms with Gasteiger partial charge in [-0.25, -0.2) is 17.5 Å². The van der Waals surface area contributed by atoms with E-state index in [1.807, 2.05) is 30.3 Å². The van der Waals surface area contributed by atoms with Gasteiger partial charge in [0, 0.05) is 30.4 Å². The van der Waals surface area contributed by atoms with Crippen molar-refractivity contribution in [3.05, 3.63) is 52.7 Å². The van der Waals surface area contributed by atoms with E-state index >= 15 is 0 Å². The highest BCUT2D eigenvalue weighted by Crippen LogP contribution is 2.34. The second kappa shape index (κ2) is 10.3. The van der Waals surface area contributed by atoms with Crippen LogP contribution in [0.5, 0.6) is 0 Å². The molecule has 1 heterocycles. The van der Waals surface area contributed by atoms with Crippen LogP contribution in [0.4, 0.5) is 4.79 Å². The van der Waals surface area contributed by atoms with Crippen molar-refractivity contribution in [3.63, 3.8) is 0 Å². The van der Waals surface area contributed by atoms with Gasteiger partial charge in [0.1, 0.15) is 0 Å². The number of nitrogens with one attached hydrogen (secondary N) is 1. The fraction of sp³-hybridized carbons (Fsp3) is 0.478. The van der Waals surface area contributed by atoms with Crippen molar-refractivity contribution in [2.75, 3.05) is 32.6 Å². The SMILES string of the molecule is CC(C)N(C(=O)NC(=O)C1=C(N2CCOCC2)/C(=C/c2ccccc2)CCC1)S(C)(=O)=O. The number of rotatable bonds is 5. The third-order valence-electron chi connectivity index (χ3n) is 5.45. The summed E-state index contributed by atoms with van der Waals surface area (Å²) in [6.45, 7) is 5.59. The van der Waals surface area contributed by atoms with E-state index in [1.54, 1.807) is 13.8 Å². The van der Waals surface area contributed by atoms with Crippen LogP contribution in [0.15, 0.2) is 47.2 Å². The van der Waals surface area contributed by atoms with E-state index in [0.29, 0.717) is 42.6 Å². The number of urea groups is 1. The molecule has 3 amide bonds. The lowest BCUT2D eigenvalue weighted by molar-refractivity contribution is -0.117. The Labute approximate surface area is 190 Å². The van der Waals surface area contributed by atoms with Crippen LogP contribution >= 0.6 is 0 Å². The zero-order chi connectivity index (χ0) is 23.3.